The maximum Gasteiger partial charge on any atom is 0.266 e. The molecule has 5 rings (SSSR count). The Morgan fingerprint density at radius 2 is 1.90 bits per heavy atom. The molecular formula is C21H18N6OS2. The number of hydrogen-bond donors (Lipinski definition) is 0. The van der Waals surface area contributed by atoms with Crippen molar-refractivity contribution in [3.05, 3.63) is 74.6 Å². The SMILES string of the molecule is Cc1ccc(-c2nnn(CC(=O)N3N=C(c4cccs4)C[C@H]3c3cccs3)n2)cc1. The van der Waals surface area contributed by atoms with Crippen LogP contribution >= 0.6 is 22.7 Å². The van der Waals surface area contributed by atoms with Crippen LogP contribution in [-0.2, 0) is 11.3 Å². The van der Waals surface area contributed by atoms with E-state index in [0.717, 1.165) is 26.6 Å². The molecule has 0 radical (unpaired) electrons. The summed E-state index contributed by atoms with van der Waals surface area (Å²) in [6.45, 7) is 2.01. The summed E-state index contributed by atoms with van der Waals surface area (Å²) in [4.78, 5) is 16.7. The lowest BCUT2D eigenvalue weighted by Gasteiger charge is -2.20. The summed E-state index contributed by atoms with van der Waals surface area (Å²) in [5.41, 5.74) is 2.97. The van der Waals surface area contributed by atoms with Gasteiger partial charge in [0.15, 0.2) is 0 Å². The molecule has 0 bridgehead atoms. The van der Waals surface area contributed by atoms with Gasteiger partial charge >= 0.3 is 0 Å². The van der Waals surface area contributed by atoms with E-state index in [2.05, 4.69) is 20.5 Å². The molecule has 0 N–H and O–H groups in total. The molecule has 4 heterocycles. The highest BCUT2D eigenvalue weighted by atomic mass is 32.1. The number of rotatable bonds is 5. The van der Waals surface area contributed by atoms with E-state index >= 15 is 0 Å². The van der Waals surface area contributed by atoms with Crippen LogP contribution in [0, 0.1) is 6.92 Å². The standard InChI is InChI=1S/C21H18N6OS2/c1-14-6-8-15(9-7-14)21-22-25-26(24-21)13-20(28)27-17(19-5-3-11-30-19)12-16(23-27)18-4-2-10-29-18/h2-11,17H,12-13H2,1H3/t17-/m0/s1. The number of thiophene rings is 2. The number of hydrazone groups is 1. The molecule has 1 amide bonds. The molecular weight excluding hydrogens is 416 g/mol. The highest BCUT2D eigenvalue weighted by Gasteiger charge is 2.34. The predicted octanol–water partition coefficient (Wildman–Crippen LogP) is 4.15. The zero-order valence-corrected chi connectivity index (χ0v) is 17.8. The Bertz CT molecular complexity index is 1180. The zero-order chi connectivity index (χ0) is 20.5. The number of tetrazole rings is 1. The van der Waals surface area contributed by atoms with Crippen LogP contribution in [-0.4, -0.2) is 36.8 Å². The van der Waals surface area contributed by atoms with Crippen LogP contribution < -0.4 is 0 Å². The topological polar surface area (TPSA) is 76.3 Å². The van der Waals surface area contributed by atoms with Crippen LogP contribution in [0.3, 0.4) is 0 Å². The number of carbonyl (C=O) groups is 1. The maximum absolute atomic E-state index is 13.1. The second-order valence-electron chi connectivity index (χ2n) is 7.01. The average molecular weight is 435 g/mol. The number of nitrogens with zero attached hydrogens (tertiary/aromatic N) is 6. The largest absolute Gasteiger partial charge is 0.271 e. The van der Waals surface area contributed by atoms with E-state index in [4.69, 9.17) is 0 Å². The monoisotopic (exact) mass is 434 g/mol. The number of amides is 1. The van der Waals surface area contributed by atoms with E-state index in [9.17, 15) is 4.79 Å². The molecule has 4 aromatic rings. The maximum atomic E-state index is 13.1. The van der Waals surface area contributed by atoms with Crippen molar-refractivity contribution in [2.24, 2.45) is 5.10 Å². The molecule has 0 aliphatic carbocycles. The number of benzene rings is 1. The summed E-state index contributed by atoms with van der Waals surface area (Å²) >= 11 is 3.27. The summed E-state index contributed by atoms with van der Waals surface area (Å²) in [7, 11) is 0. The molecule has 1 atom stereocenters. The third kappa shape index (κ3) is 3.69. The molecule has 1 aliphatic heterocycles. The predicted molar refractivity (Wildman–Crippen MR) is 117 cm³/mol. The number of aryl methyl sites for hydroxylation is 1. The highest BCUT2D eigenvalue weighted by molar-refractivity contribution is 7.12. The van der Waals surface area contributed by atoms with Crippen LogP contribution in [0.25, 0.3) is 11.4 Å². The van der Waals surface area contributed by atoms with Gasteiger partial charge in [-0.05, 0) is 35.0 Å². The van der Waals surface area contributed by atoms with Crippen LogP contribution in [0.5, 0.6) is 0 Å². The Morgan fingerprint density at radius 3 is 2.63 bits per heavy atom. The van der Waals surface area contributed by atoms with Gasteiger partial charge in [-0.15, -0.1) is 32.9 Å². The van der Waals surface area contributed by atoms with Gasteiger partial charge in [0, 0.05) is 16.9 Å². The fourth-order valence-electron chi connectivity index (χ4n) is 3.36. The van der Waals surface area contributed by atoms with Gasteiger partial charge in [0.05, 0.1) is 16.6 Å². The average Bonchev–Trinajstić information content (AvgIpc) is 3.55. The quantitative estimate of drug-likeness (QED) is 0.473. The molecule has 0 unspecified atom stereocenters. The smallest absolute Gasteiger partial charge is 0.266 e. The van der Waals surface area contributed by atoms with Gasteiger partial charge in [0.25, 0.3) is 5.91 Å². The van der Waals surface area contributed by atoms with Crippen molar-refractivity contribution >= 4 is 34.3 Å². The fourth-order valence-corrected chi connectivity index (χ4v) is 4.89. The second kappa shape index (κ2) is 7.92. The van der Waals surface area contributed by atoms with Gasteiger partial charge < -0.3 is 0 Å². The van der Waals surface area contributed by atoms with Gasteiger partial charge in [-0.2, -0.15) is 9.90 Å². The van der Waals surface area contributed by atoms with Crippen molar-refractivity contribution in [3.8, 4) is 11.4 Å². The Hall–Kier alpha value is -3.17. The lowest BCUT2D eigenvalue weighted by atomic mass is 10.1. The number of aromatic nitrogens is 4. The molecule has 0 fully saturated rings. The van der Waals surface area contributed by atoms with Crippen LogP contribution in [0.4, 0.5) is 0 Å². The van der Waals surface area contributed by atoms with Gasteiger partial charge in [-0.25, -0.2) is 5.01 Å². The lowest BCUT2D eigenvalue weighted by molar-refractivity contribution is -0.134. The van der Waals surface area contributed by atoms with Crippen molar-refractivity contribution < 1.29 is 4.79 Å². The Morgan fingerprint density at radius 1 is 1.10 bits per heavy atom. The number of hydrogen-bond acceptors (Lipinski definition) is 7. The van der Waals surface area contributed by atoms with E-state index in [1.807, 2.05) is 66.2 Å². The summed E-state index contributed by atoms with van der Waals surface area (Å²) in [6, 6.07) is 15.9. The van der Waals surface area contributed by atoms with Crippen LogP contribution in [0.1, 0.15) is 27.8 Å². The van der Waals surface area contributed by atoms with Gasteiger partial charge in [0.2, 0.25) is 5.82 Å². The zero-order valence-electron chi connectivity index (χ0n) is 16.2. The van der Waals surface area contributed by atoms with Crippen molar-refractivity contribution in [1.29, 1.82) is 0 Å². The fraction of sp³-hybridized carbons (Fsp3) is 0.190. The Balaban J connectivity index is 1.38. The Kier molecular flexibility index (Phi) is 4.97. The molecule has 0 saturated carbocycles. The first-order valence-electron chi connectivity index (χ1n) is 9.49. The van der Waals surface area contributed by atoms with Gasteiger partial charge in [-0.3, -0.25) is 4.79 Å². The molecule has 3 aromatic heterocycles. The van der Waals surface area contributed by atoms with E-state index in [-0.39, 0.29) is 18.5 Å². The summed E-state index contributed by atoms with van der Waals surface area (Å²) < 4.78 is 0. The number of carbonyl (C=O) groups excluding carboxylic acids is 1. The van der Waals surface area contributed by atoms with Crippen molar-refractivity contribution in [3.63, 3.8) is 0 Å². The van der Waals surface area contributed by atoms with Crippen molar-refractivity contribution in [1.82, 2.24) is 25.2 Å². The lowest BCUT2D eigenvalue weighted by Crippen LogP contribution is -2.30. The normalized spacial score (nSPS) is 16.1. The summed E-state index contributed by atoms with van der Waals surface area (Å²) in [6.07, 6.45) is 0.701. The van der Waals surface area contributed by atoms with Crippen LogP contribution in [0.2, 0.25) is 0 Å². The van der Waals surface area contributed by atoms with E-state index in [0.29, 0.717) is 12.2 Å². The molecule has 0 saturated heterocycles. The first kappa shape index (κ1) is 18.8. The molecule has 9 heteroatoms. The second-order valence-corrected chi connectivity index (χ2v) is 8.93. The minimum Gasteiger partial charge on any atom is -0.271 e. The van der Waals surface area contributed by atoms with E-state index in [1.165, 1.54) is 4.80 Å². The molecule has 0 spiro atoms. The van der Waals surface area contributed by atoms with E-state index in [1.54, 1.807) is 27.7 Å². The molecule has 150 valence electrons. The third-order valence-electron chi connectivity index (χ3n) is 4.88. The van der Waals surface area contributed by atoms with Crippen LogP contribution in [0.15, 0.2) is 64.4 Å². The minimum atomic E-state index is -0.159. The molecule has 30 heavy (non-hydrogen) atoms. The summed E-state index contributed by atoms with van der Waals surface area (Å²) in [5.74, 6) is 0.342. The molecule has 1 aromatic carbocycles. The van der Waals surface area contributed by atoms with Crippen molar-refractivity contribution in [2.45, 2.75) is 25.9 Å². The third-order valence-corrected chi connectivity index (χ3v) is 6.77. The van der Waals surface area contributed by atoms with Crippen molar-refractivity contribution in [2.75, 3.05) is 0 Å². The first-order chi connectivity index (χ1) is 14.7. The highest BCUT2D eigenvalue weighted by Crippen LogP contribution is 2.36. The van der Waals surface area contributed by atoms with Gasteiger partial charge in [0.1, 0.15) is 6.54 Å². The first-order valence-corrected chi connectivity index (χ1v) is 11.2. The van der Waals surface area contributed by atoms with Gasteiger partial charge in [-0.1, -0.05) is 42.0 Å². The Labute approximate surface area is 181 Å². The summed E-state index contributed by atoms with van der Waals surface area (Å²) in [5, 5.41) is 22.8. The minimum absolute atomic E-state index is 0.0119. The molecule has 1 aliphatic rings. The van der Waals surface area contributed by atoms with E-state index < -0.39 is 0 Å². The molecule has 7 nitrogen and oxygen atoms in total.